The van der Waals surface area contributed by atoms with E-state index in [-0.39, 0.29) is 6.61 Å². The molecule has 19 heavy (non-hydrogen) atoms. The second kappa shape index (κ2) is 6.39. The SMILES string of the molecule is CCOC(=O)C=CC(=O)c1cc([N+](=O)[O-])ccc1F. The highest BCUT2D eigenvalue weighted by molar-refractivity contribution is 6.07. The molecule has 0 radical (unpaired) electrons. The van der Waals surface area contributed by atoms with Gasteiger partial charge in [-0.15, -0.1) is 0 Å². The second-order valence-electron chi connectivity index (χ2n) is 3.37. The lowest BCUT2D eigenvalue weighted by Gasteiger charge is -1.99. The number of nitro benzene ring substituents is 1. The molecule has 0 heterocycles. The van der Waals surface area contributed by atoms with E-state index in [0.717, 1.165) is 30.4 Å². The second-order valence-corrected chi connectivity index (χ2v) is 3.37. The van der Waals surface area contributed by atoms with E-state index in [4.69, 9.17) is 0 Å². The number of allylic oxidation sites excluding steroid dienone is 1. The zero-order valence-corrected chi connectivity index (χ0v) is 9.96. The fraction of sp³-hybridized carbons (Fsp3) is 0.167. The molecule has 0 atom stereocenters. The lowest BCUT2D eigenvalue weighted by Crippen LogP contribution is -2.04. The summed E-state index contributed by atoms with van der Waals surface area (Å²) in [7, 11) is 0. The van der Waals surface area contributed by atoms with Gasteiger partial charge in [0.15, 0.2) is 5.78 Å². The Morgan fingerprint density at radius 3 is 2.68 bits per heavy atom. The molecule has 1 aromatic rings. The number of nitro groups is 1. The number of ketones is 1. The van der Waals surface area contributed by atoms with Crippen molar-refractivity contribution in [3.05, 3.63) is 51.8 Å². The van der Waals surface area contributed by atoms with Crippen molar-refractivity contribution in [3.8, 4) is 0 Å². The number of hydrogen-bond acceptors (Lipinski definition) is 5. The van der Waals surface area contributed by atoms with Crippen LogP contribution in [0.25, 0.3) is 0 Å². The topological polar surface area (TPSA) is 86.5 Å². The number of non-ortho nitro benzene ring substituents is 1. The highest BCUT2D eigenvalue weighted by Gasteiger charge is 2.15. The zero-order chi connectivity index (χ0) is 14.4. The zero-order valence-electron chi connectivity index (χ0n) is 9.96. The molecule has 1 aromatic carbocycles. The lowest BCUT2D eigenvalue weighted by molar-refractivity contribution is -0.384. The molecule has 0 spiro atoms. The van der Waals surface area contributed by atoms with E-state index in [2.05, 4.69) is 4.74 Å². The summed E-state index contributed by atoms with van der Waals surface area (Å²) in [5, 5.41) is 10.5. The van der Waals surface area contributed by atoms with Crippen molar-refractivity contribution >= 4 is 17.4 Å². The highest BCUT2D eigenvalue weighted by atomic mass is 19.1. The summed E-state index contributed by atoms with van der Waals surface area (Å²) in [5.41, 5.74) is -0.885. The third-order valence-corrected chi connectivity index (χ3v) is 2.08. The molecule has 7 heteroatoms. The van der Waals surface area contributed by atoms with Crippen LogP contribution in [0, 0.1) is 15.9 Å². The maximum atomic E-state index is 13.4. The van der Waals surface area contributed by atoms with Gasteiger partial charge in [0.25, 0.3) is 5.69 Å². The largest absolute Gasteiger partial charge is 0.463 e. The monoisotopic (exact) mass is 267 g/mol. The summed E-state index contributed by atoms with van der Waals surface area (Å²) in [6.45, 7) is 1.73. The third kappa shape index (κ3) is 3.98. The van der Waals surface area contributed by atoms with Crippen LogP contribution < -0.4 is 0 Å². The number of nitrogens with zero attached hydrogens (tertiary/aromatic N) is 1. The van der Waals surface area contributed by atoms with Crippen LogP contribution in [-0.2, 0) is 9.53 Å². The van der Waals surface area contributed by atoms with Crippen LogP contribution in [0.15, 0.2) is 30.4 Å². The highest BCUT2D eigenvalue weighted by Crippen LogP contribution is 2.17. The molecule has 0 amide bonds. The van der Waals surface area contributed by atoms with E-state index in [1.807, 2.05) is 0 Å². The molecule has 0 fully saturated rings. The van der Waals surface area contributed by atoms with Crippen molar-refractivity contribution in [1.82, 2.24) is 0 Å². The standard InChI is InChI=1S/C12H10FNO5/c1-2-19-12(16)6-5-11(15)9-7-8(14(17)18)3-4-10(9)13/h3-7H,2H2,1H3. The fourth-order valence-electron chi connectivity index (χ4n) is 1.24. The molecule has 0 aliphatic heterocycles. The molecule has 0 N–H and O–H groups in total. The maximum Gasteiger partial charge on any atom is 0.330 e. The molecule has 0 saturated carbocycles. The Hall–Kier alpha value is -2.57. The van der Waals surface area contributed by atoms with E-state index in [0.29, 0.717) is 0 Å². The van der Waals surface area contributed by atoms with Crippen LogP contribution in [0.2, 0.25) is 0 Å². The Kier molecular flexibility index (Phi) is 4.87. The predicted molar refractivity (Wildman–Crippen MR) is 63.2 cm³/mol. The molecule has 0 aliphatic rings. The Morgan fingerprint density at radius 1 is 1.42 bits per heavy atom. The van der Waals surface area contributed by atoms with Crippen molar-refractivity contribution in [2.45, 2.75) is 6.92 Å². The van der Waals surface area contributed by atoms with Crippen molar-refractivity contribution in [3.63, 3.8) is 0 Å². The number of rotatable bonds is 5. The van der Waals surface area contributed by atoms with E-state index in [1.165, 1.54) is 0 Å². The van der Waals surface area contributed by atoms with E-state index >= 15 is 0 Å². The van der Waals surface area contributed by atoms with Gasteiger partial charge in [-0.25, -0.2) is 9.18 Å². The van der Waals surface area contributed by atoms with Gasteiger partial charge in [-0.3, -0.25) is 14.9 Å². The summed E-state index contributed by atoms with van der Waals surface area (Å²) < 4.78 is 17.9. The smallest absolute Gasteiger partial charge is 0.330 e. The van der Waals surface area contributed by atoms with Gasteiger partial charge >= 0.3 is 5.97 Å². The van der Waals surface area contributed by atoms with E-state index in [1.54, 1.807) is 6.92 Å². The molecular formula is C12H10FNO5. The Morgan fingerprint density at radius 2 is 2.11 bits per heavy atom. The number of benzene rings is 1. The average molecular weight is 267 g/mol. The summed E-state index contributed by atoms with van der Waals surface area (Å²) in [5.74, 6) is -2.50. The average Bonchev–Trinajstić information content (AvgIpc) is 2.36. The molecule has 0 aromatic heterocycles. The summed E-state index contributed by atoms with van der Waals surface area (Å²) in [6, 6.07) is 2.58. The number of ether oxygens (including phenoxy) is 1. The van der Waals surface area contributed by atoms with Gasteiger partial charge in [0.1, 0.15) is 5.82 Å². The minimum absolute atomic E-state index is 0.141. The molecule has 6 nitrogen and oxygen atoms in total. The number of halogens is 1. The Balaban J connectivity index is 2.96. The van der Waals surface area contributed by atoms with Gasteiger partial charge in [0.2, 0.25) is 0 Å². The van der Waals surface area contributed by atoms with Crippen LogP contribution in [0.4, 0.5) is 10.1 Å². The van der Waals surface area contributed by atoms with Crippen molar-refractivity contribution in [2.75, 3.05) is 6.61 Å². The minimum atomic E-state index is -0.899. The molecule has 1 rings (SSSR count). The number of esters is 1. The molecular weight excluding hydrogens is 257 g/mol. The Labute approximate surface area is 107 Å². The van der Waals surface area contributed by atoms with Crippen LogP contribution in [0.1, 0.15) is 17.3 Å². The maximum absolute atomic E-state index is 13.4. The lowest BCUT2D eigenvalue weighted by atomic mass is 10.1. The van der Waals surface area contributed by atoms with Gasteiger partial charge in [-0.2, -0.15) is 0 Å². The first kappa shape index (κ1) is 14.5. The quantitative estimate of drug-likeness (QED) is 0.268. The van der Waals surface area contributed by atoms with Crippen LogP contribution in [0.3, 0.4) is 0 Å². The van der Waals surface area contributed by atoms with Gasteiger partial charge in [0.05, 0.1) is 17.1 Å². The van der Waals surface area contributed by atoms with Crippen LogP contribution in [0.5, 0.6) is 0 Å². The van der Waals surface area contributed by atoms with Crippen molar-refractivity contribution in [2.24, 2.45) is 0 Å². The summed E-state index contributed by atoms with van der Waals surface area (Å²) in [6.07, 6.45) is 1.64. The first-order valence-electron chi connectivity index (χ1n) is 5.28. The van der Waals surface area contributed by atoms with E-state index in [9.17, 15) is 24.1 Å². The molecule has 0 unspecified atom stereocenters. The van der Waals surface area contributed by atoms with Crippen molar-refractivity contribution < 1.29 is 23.6 Å². The van der Waals surface area contributed by atoms with Crippen LogP contribution >= 0.6 is 0 Å². The molecule has 0 aliphatic carbocycles. The van der Waals surface area contributed by atoms with Gasteiger partial charge in [0, 0.05) is 18.2 Å². The fourth-order valence-corrected chi connectivity index (χ4v) is 1.24. The first-order valence-corrected chi connectivity index (χ1v) is 5.28. The number of carbonyl (C=O) groups is 2. The summed E-state index contributed by atoms with van der Waals surface area (Å²) in [4.78, 5) is 32.3. The number of carbonyl (C=O) groups excluding carboxylic acids is 2. The molecule has 100 valence electrons. The number of hydrogen-bond donors (Lipinski definition) is 0. The van der Waals surface area contributed by atoms with E-state index < -0.39 is 33.7 Å². The molecule has 0 bridgehead atoms. The predicted octanol–water partition coefficient (Wildman–Crippen LogP) is 2.04. The third-order valence-electron chi connectivity index (χ3n) is 2.08. The molecule has 0 saturated heterocycles. The Bertz CT molecular complexity index is 553. The van der Waals surface area contributed by atoms with Gasteiger partial charge in [-0.1, -0.05) is 0 Å². The van der Waals surface area contributed by atoms with Crippen LogP contribution in [-0.4, -0.2) is 23.3 Å². The normalized spacial score (nSPS) is 10.4. The van der Waals surface area contributed by atoms with Gasteiger partial charge < -0.3 is 4.74 Å². The van der Waals surface area contributed by atoms with Gasteiger partial charge in [-0.05, 0) is 19.1 Å². The van der Waals surface area contributed by atoms with Crippen molar-refractivity contribution in [1.29, 1.82) is 0 Å². The first-order chi connectivity index (χ1) is 8.95. The minimum Gasteiger partial charge on any atom is -0.463 e. The summed E-state index contributed by atoms with van der Waals surface area (Å²) >= 11 is 0.